The first-order chi connectivity index (χ1) is 7.13. The van der Waals surface area contributed by atoms with Crippen molar-refractivity contribution in [1.82, 2.24) is 0 Å². The fourth-order valence-corrected chi connectivity index (χ4v) is 2.82. The first-order valence-corrected chi connectivity index (χ1v) is 5.80. The molecular formula is C12H24O3. The Morgan fingerprint density at radius 3 is 1.87 bits per heavy atom. The first kappa shape index (κ1) is 12.9. The Bertz CT molecular complexity index is 168. The molecule has 1 aliphatic rings. The van der Waals surface area contributed by atoms with E-state index in [1.54, 1.807) is 14.2 Å². The highest BCUT2D eigenvalue weighted by molar-refractivity contribution is 4.89. The molecule has 0 aliphatic heterocycles. The molecule has 1 rings (SSSR count). The molecule has 0 bridgehead atoms. The summed E-state index contributed by atoms with van der Waals surface area (Å²) < 4.78 is 11.1. The summed E-state index contributed by atoms with van der Waals surface area (Å²) in [6.45, 7) is 4.66. The van der Waals surface area contributed by atoms with E-state index in [2.05, 4.69) is 13.8 Å². The van der Waals surface area contributed by atoms with Crippen LogP contribution in [-0.4, -0.2) is 38.1 Å². The average molecular weight is 216 g/mol. The first-order valence-electron chi connectivity index (χ1n) is 5.80. The van der Waals surface area contributed by atoms with E-state index in [1.807, 2.05) is 0 Å². The fourth-order valence-electron chi connectivity index (χ4n) is 2.82. The van der Waals surface area contributed by atoms with Gasteiger partial charge in [-0.1, -0.05) is 13.8 Å². The number of ether oxygens (including phenoxy) is 2. The van der Waals surface area contributed by atoms with Crippen LogP contribution >= 0.6 is 0 Å². The highest BCUT2D eigenvalue weighted by Gasteiger charge is 2.39. The van der Waals surface area contributed by atoms with Gasteiger partial charge in [0.1, 0.15) is 0 Å². The van der Waals surface area contributed by atoms with Crippen LogP contribution < -0.4 is 0 Å². The fraction of sp³-hybridized carbons (Fsp3) is 1.00. The van der Waals surface area contributed by atoms with Gasteiger partial charge in [-0.2, -0.15) is 0 Å². The molecule has 15 heavy (non-hydrogen) atoms. The summed E-state index contributed by atoms with van der Waals surface area (Å²) in [7, 11) is 3.51. The third kappa shape index (κ3) is 2.92. The predicted molar refractivity (Wildman–Crippen MR) is 59.7 cm³/mol. The number of methoxy groups -OCH3 is 2. The highest BCUT2D eigenvalue weighted by Crippen LogP contribution is 2.36. The van der Waals surface area contributed by atoms with Crippen LogP contribution in [0.2, 0.25) is 0 Å². The zero-order valence-electron chi connectivity index (χ0n) is 10.3. The van der Waals surface area contributed by atoms with Gasteiger partial charge in [-0.25, -0.2) is 0 Å². The van der Waals surface area contributed by atoms with Gasteiger partial charge in [0, 0.05) is 26.7 Å². The molecule has 0 aromatic heterocycles. The summed E-state index contributed by atoms with van der Waals surface area (Å²) in [5.74, 6) is 1.33. The smallest absolute Gasteiger partial charge is 0.0630 e. The number of aliphatic hydroxyl groups excluding tert-OH is 1. The van der Waals surface area contributed by atoms with E-state index < -0.39 is 0 Å². The molecule has 1 saturated carbocycles. The summed E-state index contributed by atoms with van der Waals surface area (Å²) in [5.41, 5.74) is 0. The Balaban J connectivity index is 2.73. The van der Waals surface area contributed by atoms with Gasteiger partial charge in [0.25, 0.3) is 0 Å². The third-order valence-electron chi connectivity index (χ3n) is 3.62. The lowest BCUT2D eigenvalue weighted by Crippen LogP contribution is -2.45. The van der Waals surface area contributed by atoms with Crippen LogP contribution in [0.1, 0.15) is 26.7 Å². The van der Waals surface area contributed by atoms with E-state index in [9.17, 15) is 5.11 Å². The van der Waals surface area contributed by atoms with Gasteiger partial charge in [0.2, 0.25) is 0 Å². The van der Waals surface area contributed by atoms with Crippen LogP contribution in [0, 0.1) is 17.8 Å². The zero-order chi connectivity index (χ0) is 11.4. The molecule has 0 heterocycles. The normalized spacial score (nSPS) is 37.2. The monoisotopic (exact) mass is 216 g/mol. The van der Waals surface area contributed by atoms with Gasteiger partial charge < -0.3 is 14.6 Å². The lowest BCUT2D eigenvalue weighted by atomic mass is 9.73. The maximum absolute atomic E-state index is 9.23. The lowest BCUT2D eigenvalue weighted by molar-refractivity contribution is -0.102. The molecule has 0 amide bonds. The van der Waals surface area contributed by atoms with Gasteiger partial charge >= 0.3 is 0 Å². The Morgan fingerprint density at radius 2 is 1.60 bits per heavy atom. The molecular weight excluding hydrogens is 192 g/mol. The van der Waals surface area contributed by atoms with Gasteiger partial charge in [-0.3, -0.25) is 0 Å². The van der Waals surface area contributed by atoms with Crippen molar-refractivity contribution in [3.05, 3.63) is 0 Å². The van der Waals surface area contributed by atoms with E-state index >= 15 is 0 Å². The molecule has 3 nitrogen and oxygen atoms in total. The van der Waals surface area contributed by atoms with Crippen LogP contribution in [0.5, 0.6) is 0 Å². The van der Waals surface area contributed by atoms with E-state index in [-0.39, 0.29) is 18.8 Å². The Morgan fingerprint density at radius 1 is 1.13 bits per heavy atom. The van der Waals surface area contributed by atoms with E-state index in [0.717, 1.165) is 12.8 Å². The SMILES string of the molecule is COC1CC(CO)CC(OC)C1C(C)C. The molecule has 1 N–H and O–H groups in total. The molecule has 0 aromatic carbocycles. The lowest BCUT2D eigenvalue weighted by Gasteiger charge is -2.42. The summed E-state index contributed by atoms with van der Waals surface area (Å²) in [5, 5.41) is 9.23. The van der Waals surface area contributed by atoms with Crippen molar-refractivity contribution in [2.24, 2.45) is 17.8 Å². The summed E-state index contributed by atoms with van der Waals surface area (Å²) in [6.07, 6.45) is 2.35. The topological polar surface area (TPSA) is 38.7 Å². The highest BCUT2D eigenvalue weighted by atomic mass is 16.5. The molecule has 0 radical (unpaired) electrons. The van der Waals surface area contributed by atoms with Crippen LogP contribution in [-0.2, 0) is 9.47 Å². The summed E-state index contributed by atoms with van der Waals surface area (Å²) >= 11 is 0. The minimum absolute atomic E-state index is 0.223. The second-order valence-corrected chi connectivity index (χ2v) is 4.89. The predicted octanol–water partition coefficient (Wildman–Crippen LogP) is 1.69. The maximum atomic E-state index is 9.23. The van der Waals surface area contributed by atoms with Crippen molar-refractivity contribution in [2.75, 3.05) is 20.8 Å². The van der Waals surface area contributed by atoms with Crippen molar-refractivity contribution < 1.29 is 14.6 Å². The van der Waals surface area contributed by atoms with Crippen molar-refractivity contribution in [3.63, 3.8) is 0 Å². The molecule has 2 unspecified atom stereocenters. The van der Waals surface area contributed by atoms with Crippen LogP contribution in [0.25, 0.3) is 0 Å². The Labute approximate surface area is 92.8 Å². The summed E-state index contributed by atoms with van der Waals surface area (Å²) in [4.78, 5) is 0. The van der Waals surface area contributed by atoms with Crippen LogP contribution in [0.15, 0.2) is 0 Å². The van der Waals surface area contributed by atoms with E-state index in [4.69, 9.17) is 9.47 Å². The standard InChI is InChI=1S/C12H24O3/c1-8(2)12-10(14-3)5-9(7-13)6-11(12)15-4/h8-13H,5-7H2,1-4H3. The third-order valence-corrected chi connectivity index (χ3v) is 3.62. The Hall–Kier alpha value is -0.120. The van der Waals surface area contributed by atoms with Crippen molar-refractivity contribution in [1.29, 1.82) is 0 Å². The second-order valence-electron chi connectivity index (χ2n) is 4.89. The number of hydrogen-bond donors (Lipinski definition) is 1. The van der Waals surface area contributed by atoms with Gasteiger partial charge in [-0.05, 0) is 24.7 Å². The minimum atomic E-state index is 0.223. The second kappa shape index (κ2) is 5.83. The van der Waals surface area contributed by atoms with Crippen molar-refractivity contribution in [2.45, 2.75) is 38.9 Å². The van der Waals surface area contributed by atoms with Gasteiger partial charge in [0.05, 0.1) is 12.2 Å². The van der Waals surface area contributed by atoms with Crippen LogP contribution in [0.4, 0.5) is 0 Å². The van der Waals surface area contributed by atoms with E-state index in [1.165, 1.54) is 0 Å². The minimum Gasteiger partial charge on any atom is -0.396 e. The molecule has 2 atom stereocenters. The largest absolute Gasteiger partial charge is 0.396 e. The molecule has 0 saturated heterocycles. The van der Waals surface area contributed by atoms with Crippen LogP contribution in [0.3, 0.4) is 0 Å². The van der Waals surface area contributed by atoms with Crippen molar-refractivity contribution >= 4 is 0 Å². The molecule has 1 aliphatic carbocycles. The molecule has 90 valence electrons. The molecule has 0 aromatic rings. The number of hydrogen-bond acceptors (Lipinski definition) is 3. The maximum Gasteiger partial charge on any atom is 0.0630 e. The van der Waals surface area contributed by atoms with Crippen molar-refractivity contribution in [3.8, 4) is 0 Å². The molecule has 3 heteroatoms. The molecule has 1 fully saturated rings. The van der Waals surface area contributed by atoms with E-state index in [0.29, 0.717) is 17.8 Å². The molecule has 0 spiro atoms. The quantitative estimate of drug-likeness (QED) is 0.777. The zero-order valence-corrected chi connectivity index (χ0v) is 10.3. The number of aliphatic hydroxyl groups is 1. The van der Waals surface area contributed by atoms with Gasteiger partial charge in [-0.15, -0.1) is 0 Å². The Kier molecular flexibility index (Phi) is 5.03. The average Bonchev–Trinajstić information content (AvgIpc) is 2.26. The van der Waals surface area contributed by atoms with Gasteiger partial charge in [0.15, 0.2) is 0 Å². The summed E-state index contributed by atoms with van der Waals surface area (Å²) in [6, 6.07) is 0. The number of rotatable bonds is 4.